The van der Waals surface area contributed by atoms with Crippen LogP contribution in [-0.4, -0.2) is 23.8 Å². The standard InChI is InChI=1S/C8H9N3O2/c1-10-8(13)6-3-2-5(4-11-6)7(9)12/h2-4H,1H3,(H2,9,12)(H,10,13). The maximum absolute atomic E-state index is 11.0. The van der Waals surface area contributed by atoms with E-state index in [0.29, 0.717) is 0 Å². The van der Waals surface area contributed by atoms with Gasteiger partial charge in [0.2, 0.25) is 5.91 Å². The minimum atomic E-state index is -0.559. The second-order valence-electron chi connectivity index (χ2n) is 2.38. The molecule has 1 aromatic rings. The van der Waals surface area contributed by atoms with Crippen LogP contribution in [0.4, 0.5) is 0 Å². The number of carbonyl (C=O) groups excluding carboxylic acids is 2. The summed E-state index contributed by atoms with van der Waals surface area (Å²) < 4.78 is 0. The van der Waals surface area contributed by atoms with Crippen LogP contribution in [0.2, 0.25) is 0 Å². The van der Waals surface area contributed by atoms with Gasteiger partial charge >= 0.3 is 0 Å². The second kappa shape index (κ2) is 3.66. The number of nitrogens with two attached hydrogens (primary N) is 1. The molecule has 1 rings (SSSR count). The van der Waals surface area contributed by atoms with Crippen molar-refractivity contribution in [2.24, 2.45) is 5.73 Å². The number of aromatic nitrogens is 1. The summed E-state index contributed by atoms with van der Waals surface area (Å²) in [5.74, 6) is -0.855. The molecule has 68 valence electrons. The summed E-state index contributed by atoms with van der Waals surface area (Å²) in [6.07, 6.45) is 1.27. The van der Waals surface area contributed by atoms with Crippen molar-refractivity contribution >= 4 is 11.8 Å². The van der Waals surface area contributed by atoms with Crippen molar-refractivity contribution in [2.75, 3.05) is 7.05 Å². The van der Waals surface area contributed by atoms with E-state index in [1.807, 2.05) is 0 Å². The molecule has 0 unspecified atom stereocenters. The SMILES string of the molecule is CNC(=O)c1ccc(C(N)=O)cn1. The van der Waals surface area contributed by atoms with Crippen molar-refractivity contribution in [2.45, 2.75) is 0 Å². The van der Waals surface area contributed by atoms with E-state index in [-0.39, 0.29) is 17.2 Å². The second-order valence-corrected chi connectivity index (χ2v) is 2.38. The number of hydrogen-bond donors (Lipinski definition) is 2. The van der Waals surface area contributed by atoms with Crippen LogP contribution in [0.5, 0.6) is 0 Å². The van der Waals surface area contributed by atoms with E-state index in [4.69, 9.17) is 5.73 Å². The molecule has 0 atom stereocenters. The van der Waals surface area contributed by atoms with E-state index in [2.05, 4.69) is 10.3 Å². The summed E-state index contributed by atoms with van der Waals surface area (Å²) in [6.45, 7) is 0. The first kappa shape index (κ1) is 9.18. The fourth-order valence-electron chi connectivity index (χ4n) is 0.802. The lowest BCUT2D eigenvalue weighted by molar-refractivity contribution is 0.0954. The Balaban J connectivity index is 2.93. The zero-order chi connectivity index (χ0) is 9.84. The number of rotatable bonds is 2. The Morgan fingerprint density at radius 1 is 1.46 bits per heavy atom. The highest BCUT2D eigenvalue weighted by atomic mass is 16.2. The summed E-state index contributed by atoms with van der Waals surface area (Å²) in [5, 5.41) is 2.41. The quantitative estimate of drug-likeness (QED) is 0.644. The van der Waals surface area contributed by atoms with Crippen LogP contribution in [0, 0.1) is 0 Å². The van der Waals surface area contributed by atoms with Crippen LogP contribution in [0.3, 0.4) is 0 Å². The van der Waals surface area contributed by atoms with E-state index in [9.17, 15) is 9.59 Å². The van der Waals surface area contributed by atoms with Crippen LogP contribution in [0.15, 0.2) is 18.3 Å². The van der Waals surface area contributed by atoms with Crippen LogP contribution >= 0.6 is 0 Å². The van der Waals surface area contributed by atoms with E-state index < -0.39 is 5.91 Å². The van der Waals surface area contributed by atoms with Gasteiger partial charge in [0.15, 0.2) is 0 Å². The van der Waals surface area contributed by atoms with Crippen molar-refractivity contribution in [1.82, 2.24) is 10.3 Å². The van der Waals surface area contributed by atoms with Crippen molar-refractivity contribution in [3.8, 4) is 0 Å². The summed E-state index contributed by atoms with van der Waals surface area (Å²) >= 11 is 0. The maximum Gasteiger partial charge on any atom is 0.269 e. The molecule has 1 aromatic heterocycles. The zero-order valence-electron chi connectivity index (χ0n) is 7.07. The normalized spacial score (nSPS) is 9.31. The smallest absolute Gasteiger partial charge is 0.269 e. The highest BCUT2D eigenvalue weighted by molar-refractivity contribution is 5.95. The van der Waals surface area contributed by atoms with Crippen LogP contribution in [0.1, 0.15) is 20.8 Å². The van der Waals surface area contributed by atoms with E-state index in [0.717, 1.165) is 0 Å². The molecule has 1 heterocycles. The summed E-state index contributed by atoms with van der Waals surface area (Å²) in [4.78, 5) is 25.4. The molecule has 5 nitrogen and oxygen atoms in total. The number of nitrogens with zero attached hydrogens (tertiary/aromatic N) is 1. The lowest BCUT2D eigenvalue weighted by Crippen LogP contribution is -2.19. The van der Waals surface area contributed by atoms with Crippen LogP contribution in [-0.2, 0) is 0 Å². The average molecular weight is 179 g/mol. The largest absolute Gasteiger partial charge is 0.366 e. The van der Waals surface area contributed by atoms with E-state index >= 15 is 0 Å². The average Bonchev–Trinajstić information content (AvgIpc) is 2.17. The number of hydrogen-bond acceptors (Lipinski definition) is 3. The van der Waals surface area contributed by atoms with Gasteiger partial charge in [-0.15, -0.1) is 0 Å². The Labute approximate surface area is 75.0 Å². The monoisotopic (exact) mass is 179 g/mol. The molecule has 5 heteroatoms. The fraction of sp³-hybridized carbons (Fsp3) is 0.125. The molecule has 0 bridgehead atoms. The van der Waals surface area contributed by atoms with Gasteiger partial charge in [-0.05, 0) is 12.1 Å². The molecule has 0 aliphatic heterocycles. The minimum absolute atomic E-state index is 0.257. The molecule has 0 aliphatic rings. The number of amides is 2. The third kappa shape index (κ3) is 2.02. The predicted molar refractivity (Wildman–Crippen MR) is 46.1 cm³/mol. The molecular weight excluding hydrogens is 170 g/mol. The first-order valence-electron chi connectivity index (χ1n) is 3.63. The van der Waals surface area contributed by atoms with Gasteiger partial charge in [-0.3, -0.25) is 14.6 Å². The van der Waals surface area contributed by atoms with Gasteiger partial charge < -0.3 is 11.1 Å². The Morgan fingerprint density at radius 2 is 2.15 bits per heavy atom. The van der Waals surface area contributed by atoms with Gasteiger partial charge in [0.25, 0.3) is 5.91 Å². The molecule has 0 radical (unpaired) electrons. The van der Waals surface area contributed by atoms with Gasteiger partial charge in [0.1, 0.15) is 5.69 Å². The molecule has 0 spiro atoms. The first-order valence-corrected chi connectivity index (χ1v) is 3.63. The molecule has 0 saturated heterocycles. The molecule has 3 N–H and O–H groups in total. The number of primary amides is 1. The van der Waals surface area contributed by atoms with Gasteiger partial charge in [0, 0.05) is 13.2 Å². The lowest BCUT2D eigenvalue weighted by atomic mass is 10.2. The Bertz CT molecular complexity index is 332. The Hall–Kier alpha value is -1.91. The maximum atomic E-state index is 11.0. The number of carbonyl (C=O) groups is 2. The Kier molecular flexibility index (Phi) is 2.59. The topological polar surface area (TPSA) is 85.1 Å². The van der Waals surface area contributed by atoms with Gasteiger partial charge in [-0.25, -0.2) is 0 Å². The fourth-order valence-corrected chi connectivity index (χ4v) is 0.802. The van der Waals surface area contributed by atoms with Crippen molar-refractivity contribution in [1.29, 1.82) is 0 Å². The van der Waals surface area contributed by atoms with Crippen molar-refractivity contribution in [3.05, 3.63) is 29.6 Å². The lowest BCUT2D eigenvalue weighted by Gasteiger charge is -1.98. The van der Waals surface area contributed by atoms with Crippen LogP contribution < -0.4 is 11.1 Å². The predicted octanol–water partition coefficient (Wildman–Crippen LogP) is -0.460. The van der Waals surface area contributed by atoms with Crippen LogP contribution in [0.25, 0.3) is 0 Å². The number of pyridine rings is 1. The molecule has 0 fully saturated rings. The minimum Gasteiger partial charge on any atom is -0.366 e. The third-order valence-electron chi connectivity index (χ3n) is 1.51. The molecule has 0 saturated carbocycles. The molecule has 2 amide bonds. The molecule has 0 aromatic carbocycles. The molecule has 0 aliphatic carbocycles. The van der Waals surface area contributed by atoms with Gasteiger partial charge in [-0.2, -0.15) is 0 Å². The summed E-state index contributed by atoms with van der Waals surface area (Å²) in [6, 6.07) is 2.90. The number of nitrogens with one attached hydrogen (secondary N) is 1. The highest BCUT2D eigenvalue weighted by Gasteiger charge is 2.05. The first-order chi connectivity index (χ1) is 6.15. The van der Waals surface area contributed by atoms with E-state index in [1.165, 1.54) is 25.4 Å². The summed E-state index contributed by atoms with van der Waals surface area (Å²) in [5.41, 5.74) is 5.53. The highest BCUT2D eigenvalue weighted by Crippen LogP contribution is 1.98. The van der Waals surface area contributed by atoms with Crippen molar-refractivity contribution in [3.63, 3.8) is 0 Å². The van der Waals surface area contributed by atoms with Gasteiger partial charge in [0.05, 0.1) is 5.56 Å². The van der Waals surface area contributed by atoms with Crippen molar-refractivity contribution < 1.29 is 9.59 Å². The van der Waals surface area contributed by atoms with Gasteiger partial charge in [-0.1, -0.05) is 0 Å². The summed E-state index contributed by atoms with van der Waals surface area (Å²) in [7, 11) is 1.51. The van der Waals surface area contributed by atoms with E-state index in [1.54, 1.807) is 0 Å². The zero-order valence-corrected chi connectivity index (χ0v) is 7.07. The third-order valence-corrected chi connectivity index (χ3v) is 1.51. The molecular formula is C8H9N3O2. The Morgan fingerprint density at radius 3 is 2.54 bits per heavy atom. The molecule has 13 heavy (non-hydrogen) atoms.